The van der Waals surface area contributed by atoms with Gasteiger partial charge in [0.1, 0.15) is 17.9 Å². The van der Waals surface area contributed by atoms with Gasteiger partial charge in [0.15, 0.2) is 0 Å². The Balaban J connectivity index is 2.02. The number of nitrogens with zero attached hydrogens (tertiary/aromatic N) is 1. The molecule has 188 valence electrons. The molecule has 0 saturated heterocycles. The van der Waals surface area contributed by atoms with E-state index in [2.05, 4.69) is 0 Å². The van der Waals surface area contributed by atoms with Crippen LogP contribution in [0, 0.1) is 0 Å². The van der Waals surface area contributed by atoms with Crippen molar-refractivity contribution in [1.29, 1.82) is 0 Å². The Labute approximate surface area is 195 Å². The summed E-state index contributed by atoms with van der Waals surface area (Å²) in [5.41, 5.74) is -3.65. The summed E-state index contributed by atoms with van der Waals surface area (Å²) in [6, 6.07) is 5.27. The number of hydrogen-bond donors (Lipinski definition) is 0. The summed E-state index contributed by atoms with van der Waals surface area (Å²) in [4.78, 5) is 25.2. The van der Waals surface area contributed by atoms with E-state index in [4.69, 9.17) is 9.47 Å². The molecule has 5 nitrogen and oxygen atoms in total. The first kappa shape index (κ1) is 26.1. The molecule has 2 aromatic carbocycles. The third-order valence-electron chi connectivity index (χ3n) is 5.11. The summed E-state index contributed by atoms with van der Waals surface area (Å²) in [5, 5.41) is 0.0850. The number of hydrogen-bond acceptors (Lipinski definition) is 4. The number of carbonyl (C=O) groups excluding carboxylic acids is 1. The number of benzene rings is 2. The van der Waals surface area contributed by atoms with E-state index >= 15 is 0 Å². The highest BCUT2D eigenvalue weighted by Gasteiger charge is 2.37. The first-order chi connectivity index (χ1) is 16.2. The van der Waals surface area contributed by atoms with Gasteiger partial charge in [-0.15, -0.1) is 0 Å². The molecule has 35 heavy (non-hydrogen) atoms. The van der Waals surface area contributed by atoms with Crippen molar-refractivity contribution < 1.29 is 40.6 Å². The number of halogens is 6. The Hall–Kier alpha value is -3.50. The lowest BCUT2D eigenvalue weighted by atomic mass is 10.1. The molecular weight excluding hydrogens is 480 g/mol. The predicted molar refractivity (Wildman–Crippen MR) is 115 cm³/mol. The van der Waals surface area contributed by atoms with Gasteiger partial charge in [-0.1, -0.05) is 0 Å². The molecule has 1 aromatic heterocycles. The molecule has 0 unspecified atom stereocenters. The molecule has 0 bridgehead atoms. The maximum Gasteiger partial charge on any atom is 0.416 e. The lowest BCUT2D eigenvalue weighted by Crippen LogP contribution is -2.21. The maximum atomic E-state index is 13.1. The molecule has 0 radical (unpaired) electrons. The smallest absolute Gasteiger partial charge is 0.416 e. The first-order valence-electron chi connectivity index (χ1n) is 10.5. The molecule has 0 amide bonds. The molecule has 0 fully saturated rings. The van der Waals surface area contributed by atoms with Crippen molar-refractivity contribution in [3.8, 4) is 5.75 Å². The van der Waals surface area contributed by atoms with Gasteiger partial charge in [-0.2, -0.15) is 26.3 Å². The molecule has 0 aliphatic carbocycles. The molecular formula is C24H21F6NO4. The van der Waals surface area contributed by atoms with E-state index < -0.39 is 41.5 Å². The van der Waals surface area contributed by atoms with Crippen LogP contribution in [0.3, 0.4) is 0 Å². The normalized spacial score (nSPS) is 12.3. The van der Waals surface area contributed by atoms with Crippen molar-refractivity contribution in [2.75, 3.05) is 6.61 Å². The largest absolute Gasteiger partial charge is 0.489 e. The number of pyridine rings is 1. The second-order valence-corrected chi connectivity index (χ2v) is 7.98. The van der Waals surface area contributed by atoms with Crippen LogP contribution in [0.5, 0.6) is 5.75 Å². The van der Waals surface area contributed by atoms with Crippen molar-refractivity contribution >= 4 is 16.9 Å². The van der Waals surface area contributed by atoms with Gasteiger partial charge >= 0.3 is 18.3 Å². The topological polar surface area (TPSA) is 57.5 Å². The van der Waals surface area contributed by atoms with Crippen molar-refractivity contribution in [3.63, 3.8) is 0 Å². The fourth-order valence-electron chi connectivity index (χ4n) is 3.48. The van der Waals surface area contributed by atoms with Crippen LogP contribution in [0.1, 0.15) is 53.9 Å². The highest BCUT2D eigenvalue weighted by atomic mass is 19.4. The number of esters is 1. The Kier molecular flexibility index (Phi) is 7.18. The van der Waals surface area contributed by atoms with Gasteiger partial charge in [0.25, 0.3) is 0 Å². The molecule has 0 saturated carbocycles. The molecule has 0 spiro atoms. The Morgan fingerprint density at radius 2 is 1.57 bits per heavy atom. The molecule has 11 heteroatoms. The summed E-state index contributed by atoms with van der Waals surface area (Å²) >= 11 is 0. The zero-order valence-electron chi connectivity index (χ0n) is 18.9. The summed E-state index contributed by atoms with van der Waals surface area (Å²) in [6.45, 7) is 4.68. The number of ether oxygens (including phenoxy) is 2. The van der Waals surface area contributed by atoms with Crippen LogP contribution in [0.15, 0.2) is 47.4 Å². The minimum atomic E-state index is -4.98. The Bertz CT molecular complexity index is 1280. The van der Waals surface area contributed by atoms with Crippen LogP contribution in [0.4, 0.5) is 26.3 Å². The third kappa shape index (κ3) is 5.77. The van der Waals surface area contributed by atoms with Gasteiger partial charge in [0.2, 0.25) is 5.43 Å². The van der Waals surface area contributed by atoms with Gasteiger partial charge in [-0.05, 0) is 62.7 Å². The number of alkyl halides is 6. The second-order valence-electron chi connectivity index (χ2n) is 7.98. The van der Waals surface area contributed by atoms with Crippen molar-refractivity contribution in [2.24, 2.45) is 0 Å². The fourth-order valence-corrected chi connectivity index (χ4v) is 3.48. The number of aromatic nitrogens is 1. The molecule has 0 atom stereocenters. The Morgan fingerprint density at radius 3 is 2.09 bits per heavy atom. The van der Waals surface area contributed by atoms with E-state index in [1.807, 2.05) is 13.8 Å². The number of fused-ring (bicyclic) bond motifs is 1. The van der Waals surface area contributed by atoms with Gasteiger partial charge in [0, 0.05) is 12.2 Å². The molecule has 0 N–H and O–H groups in total. The van der Waals surface area contributed by atoms with E-state index in [1.165, 1.54) is 24.4 Å². The second kappa shape index (κ2) is 9.63. The average molecular weight is 501 g/mol. The first-order valence-corrected chi connectivity index (χ1v) is 10.5. The van der Waals surface area contributed by atoms with Gasteiger partial charge < -0.3 is 14.0 Å². The monoisotopic (exact) mass is 501 g/mol. The van der Waals surface area contributed by atoms with Gasteiger partial charge in [-0.25, -0.2) is 4.79 Å². The summed E-state index contributed by atoms with van der Waals surface area (Å²) < 4.78 is 90.6. The summed E-state index contributed by atoms with van der Waals surface area (Å²) in [5.74, 6) is -0.791. The third-order valence-corrected chi connectivity index (χ3v) is 5.11. The van der Waals surface area contributed by atoms with E-state index in [0.29, 0.717) is 17.6 Å². The van der Waals surface area contributed by atoms with Crippen LogP contribution in [-0.4, -0.2) is 17.1 Å². The van der Waals surface area contributed by atoms with Crippen LogP contribution in [0.2, 0.25) is 0 Å². The van der Waals surface area contributed by atoms with Crippen molar-refractivity contribution in [1.82, 2.24) is 4.57 Å². The van der Waals surface area contributed by atoms with E-state index in [-0.39, 0.29) is 41.0 Å². The lowest BCUT2D eigenvalue weighted by Gasteiger charge is -2.17. The van der Waals surface area contributed by atoms with E-state index in [0.717, 1.165) is 0 Å². The van der Waals surface area contributed by atoms with Crippen LogP contribution in [-0.2, 0) is 23.7 Å². The molecule has 0 aliphatic rings. The quantitative estimate of drug-likeness (QED) is 0.291. The van der Waals surface area contributed by atoms with Crippen LogP contribution < -0.4 is 10.2 Å². The minimum Gasteiger partial charge on any atom is -0.489 e. The van der Waals surface area contributed by atoms with Gasteiger partial charge in [0.05, 0.1) is 28.6 Å². The lowest BCUT2D eigenvalue weighted by molar-refractivity contribution is -0.143. The zero-order valence-corrected chi connectivity index (χ0v) is 18.9. The zero-order chi connectivity index (χ0) is 26.1. The van der Waals surface area contributed by atoms with E-state index in [1.54, 1.807) is 11.5 Å². The van der Waals surface area contributed by atoms with E-state index in [9.17, 15) is 35.9 Å². The summed E-state index contributed by atoms with van der Waals surface area (Å²) in [7, 11) is 0. The highest BCUT2D eigenvalue weighted by molar-refractivity contribution is 5.94. The SMILES string of the molecule is CCOC(=O)c1cn(C(C)C)c2ccc(OCc3cc(C(F)(F)F)cc(C(F)(F)F)c3)cc2c1=O. The van der Waals surface area contributed by atoms with Crippen LogP contribution >= 0.6 is 0 Å². The fraction of sp³-hybridized carbons (Fsp3) is 0.333. The highest BCUT2D eigenvalue weighted by Crippen LogP contribution is 2.36. The molecule has 0 aliphatic heterocycles. The molecule has 1 heterocycles. The Morgan fingerprint density at radius 1 is 0.971 bits per heavy atom. The predicted octanol–water partition coefficient (Wildman–Crippen LogP) is 6.38. The minimum absolute atomic E-state index is 0.0249. The molecule has 3 rings (SSSR count). The maximum absolute atomic E-state index is 13.1. The average Bonchev–Trinajstić information content (AvgIpc) is 2.76. The number of rotatable bonds is 6. The summed E-state index contributed by atoms with van der Waals surface area (Å²) in [6.07, 6.45) is -8.58. The standard InChI is InChI=1S/C24H21F6NO4/c1-4-34-22(33)19-11-31(13(2)3)20-6-5-17(10-18(20)21(19)32)35-12-14-7-15(23(25,26)27)9-16(8-14)24(28,29)30/h5-11,13H,4,12H2,1-3H3. The van der Waals surface area contributed by atoms with Crippen molar-refractivity contribution in [3.05, 3.63) is 75.1 Å². The van der Waals surface area contributed by atoms with Crippen molar-refractivity contribution in [2.45, 2.75) is 45.8 Å². The molecule has 3 aromatic rings. The van der Waals surface area contributed by atoms with Crippen LogP contribution in [0.25, 0.3) is 10.9 Å². The number of carbonyl (C=O) groups is 1. The van der Waals surface area contributed by atoms with Gasteiger partial charge in [-0.3, -0.25) is 4.79 Å².